The molecule has 1 aliphatic heterocycles. The van der Waals surface area contributed by atoms with Crippen molar-refractivity contribution in [3.8, 4) is 0 Å². The van der Waals surface area contributed by atoms with Gasteiger partial charge in [0.25, 0.3) is 0 Å². The normalized spacial score (nSPS) is 22.1. The van der Waals surface area contributed by atoms with Crippen LogP contribution in [0.25, 0.3) is 0 Å². The largest absolute Gasteiger partial charge is 0.481 e. The van der Waals surface area contributed by atoms with Crippen LogP contribution in [0.1, 0.15) is 23.1 Å². The van der Waals surface area contributed by atoms with Crippen molar-refractivity contribution in [3.63, 3.8) is 0 Å². The SMILES string of the molecule is Cc1ccc(F)cc1CC(=O)N1CC[C@H](O)[C@@](Cc2ccccc2)(C(=O)O)C1. The van der Waals surface area contributed by atoms with E-state index < -0.39 is 23.3 Å². The zero-order chi connectivity index (χ0) is 20.3. The molecule has 2 aromatic carbocycles. The highest BCUT2D eigenvalue weighted by atomic mass is 19.1. The molecule has 1 amide bonds. The van der Waals surface area contributed by atoms with Gasteiger partial charge in [-0.1, -0.05) is 36.4 Å². The molecule has 3 rings (SSSR count). The van der Waals surface area contributed by atoms with E-state index in [0.717, 1.165) is 11.1 Å². The molecule has 28 heavy (non-hydrogen) atoms. The smallest absolute Gasteiger partial charge is 0.314 e. The van der Waals surface area contributed by atoms with Gasteiger partial charge in [-0.3, -0.25) is 9.59 Å². The lowest BCUT2D eigenvalue weighted by Gasteiger charge is -2.43. The van der Waals surface area contributed by atoms with E-state index in [2.05, 4.69) is 0 Å². The molecule has 6 heteroatoms. The number of carboxylic acid groups (broad SMARTS) is 1. The maximum absolute atomic E-state index is 13.5. The van der Waals surface area contributed by atoms with E-state index in [1.807, 2.05) is 30.3 Å². The highest BCUT2D eigenvalue weighted by Gasteiger charge is 2.50. The number of nitrogens with zero attached hydrogens (tertiary/aromatic N) is 1. The highest BCUT2D eigenvalue weighted by Crippen LogP contribution is 2.35. The second-order valence-corrected chi connectivity index (χ2v) is 7.49. The third kappa shape index (κ3) is 4.07. The number of carboxylic acids is 1. The molecule has 0 bridgehead atoms. The Labute approximate surface area is 163 Å². The summed E-state index contributed by atoms with van der Waals surface area (Å²) in [5.74, 6) is -1.80. The van der Waals surface area contributed by atoms with Gasteiger partial charge in [0.15, 0.2) is 0 Å². The van der Waals surface area contributed by atoms with E-state index in [4.69, 9.17) is 0 Å². The summed E-state index contributed by atoms with van der Waals surface area (Å²) in [4.78, 5) is 26.5. The Hall–Kier alpha value is -2.73. The fourth-order valence-corrected chi connectivity index (χ4v) is 3.82. The molecular weight excluding hydrogens is 361 g/mol. The summed E-state index contributed by atoms with van der Waals surface area (Å²) in [6.45, 7) is 2.00. The molecule has 2 N–H and O–H groups in total. The summed E-state index contributed by atoms with van der Waals surface area (Å²) in [6.07, 6.45) is -0.730. The van der Waals surface area contributed by atoms with Gasteiger partial charge < -0.3 is 15.1 Å². The Morgan fingerprint density at radius 2 is 1.93 bits per heavy atom. The number of aliphatic hydroxyl groups is 1. The van der Waals surface area contributed by atoms with E-state index in [9.17, 15) is 24.2 Å². The van der Waals surface area contributed by atoms with Crippen molar-refractivity contribution < 1.29 is 24.2 Å². The lowest BCUT2D eigenvalue weighted by atomic mass is 9.72. The molecule has 1 heterocycles. The Morgan fingerprint density at radius 1 is 1.21 bits per heavy atom. The molecule has 1 fully saturated rings. The number of piperidine rings is 1. The van der Waals surface area contributed by atoms with E-state index >= 15 is 0 Å². The van der Waals surface area contributed by atoms with Gasteiger partial charge >= 0.3 is 5.97 Å². The van der Waals surface area contributed by atoms with Gasteiger partial charge in [0.05, 0.1) is 12.5 Å². The monoisotopic (exact) mass is 385 g/mol. The summed E-state index contributed by atoms with van der Waals surface area (Å²) in [7, 11) is 0. The quantitative estimate of drug-likeness (QED) is 0.829. The first kappa shape index (κ1) is 20.0. The van der Waals surface area contributed by atoms with Crippen LogP contribution in [0.15, 0.2) is 48.5 Å². The third-order valence-corrected chi connectivity index (χ3v) is 5.58. The molecule has 148 valence electrons. The van der Waals surface area contributed by atoms with Crippen LogP contribution in [0.3, 0.4) is 0 Å². The van der Waals surface area contributed by atoms with Crippen molar-refractivity contribution in [2.45, 2.75) is 32.3 Å². The topological polar surface area (TPSA) is 77.8 Å². The minimum atomic E-state index is -1.47. The van der Waals surface area contributed by atoms with Crippen LogP contribution in [0.5, 0.6) is 0 Å². The van der Waals surface area contributed by atoms with Gasteiger partial charge in [-0.15, -0.1) is 0 Å². The van der Waals surface area contributed by atoms with Crippen molar-refractivity contribution in [2.24, 2.45) is 5.41 Å². The number of aliphatic hydroxyl groups excluding tert-OH is 1. The van der Waals surface area contributed by atoms with Gasteiger partial charge in [0.1, 0.15) is 11.2 Å². The van der Waals surface area contributed by atoms with E-state index in [0.29, 0.717) is 5.56 Å². The molecule has 1 aliphatic rings. The number of carbonyl (C=O) groups excluding carboxylic acids is 1. The maximum atomic E-state index is 13.5. The van der Waals surface area contributed by atoms with E-state index in [1.54, 1.807) is 13.0 Å². The Balaban J connectivity index is 1.82. The zero-order valence-corrected chi connectivity index (χ0v) is 15.8. The average molecular weight is 385 g/mol. The van der Waals surface area contributed by atoms with Crippen molar-refractivity contribution in [1.29, 1.82) is 0 Å². The second kappa shape index (κ2) is 8.10. The van der Waals surface area contributed by atoms with Crippen LogP contribution in [0, 0.1) is 18.2 Å². The fourth-order valence-electron chi connectivity index (χ4n) is 3.82. The molecule has 0 saturated carbocycles. The molecule has 0 spiro atoms. The van der Waals surface area contributed by atoms with Gasteiger partial charge in [-0.25, -0.2) is 4.39 Å². The molecule has 0 aromatic heterocycles. The zero-order valence-electron chi connectivity index (χ0n) is 15.8. The predicted octanol–water partition coefficient (Wildman–Crippen LogP) is 2.58. The first-order chi connectivity index (χ1) is 13.3. The van der Waals surface area contributed by atoms with Crippen molar-refractivity contribution >= 4 is 11.9 Å². The molecular formula is C22H24FNO4. The molecule has 2 aromatic rings. The fraction of sp³-hybridized carbons (Fsp3) is 0.364. The lowest BCUT2D eigenvalue weighted by Crippen LogP contribution is -2.58. The third-order valence-electron chi connectivity index (χ3n) is 5.58. The Bertz CT molecular complexity index is 870. The molecule has 0 radical (unpaired) electrons. The molecule has 2 atom stereocenters. The van der Waals surface area contributed by atoms with Crippen LogP contribution in [0.4, 0.5) is 4.39 Å². The average Bonchev–Trinajstić information content (AvgIpc) is 2.67. The van der Waals surface area contributed by atoms with Crippen LogP contribution >= 0.6 is 0 Å². The number of hydrogen-bond donors (Lipinski definition) is 2. The standard InChI is InChI=1S/C22H24FNO4/c1-15-7-8-18(23)11-17(15)12-20(26)24-10-9-19(25)22(14-24,21(27)28)13-16-5-3-2-4-6-16/h2-8,11,19,25H,9-10,12-14H2,1H3,(H,27,28)/t19-,22-/m0/s1. The molecule has 1 saturated heterocycles. The number of rotatable bonds is 5. The summed E-state index contributed by atoms with van der Waals surface area (Å²) < 4.78 is 13.5. The summed E-state index contributed by atoms with van der Waals surface area (Å²) in [6, 6.07) is 13.4. The minimum Gasteiger partial charge on any atom is -0.481 e. The van der Waals surface area contributed by atoms with Crippen LogP contribution in [0.2, 0.25) is 0 Å². The second-order valence-electron chi connectivity index (χ2n) is 7.49. The van der Waals surface area contributed by atoms with Gasteiger partial charge in [0.2, 0.25) is 5.91 Å². The minimum absolute atomic E-state index is 0.000719. The van der Waals surface area contributed by atoms with Crippen LogP contribution in [-0.4, -0.2) is 46.2 Å². The summed E-state index contributed by atoms with van der Waals surface area (Å²) in [5.41, 5.74) is 0.714. The lowest BCUT2D eigenvalue weighted by molar-refractivity contribution is -0.165. The number of aliphatic carboxylic acids is 1. The van der Waals surface area contributed by atoms with Gasteiger partial charge in [-0.05, 0) is 48.6 Å². The summed E-state index contributed by atoms with van der Waals surface area (Å²) >= 11 is 0. The van der Waals surface area contributed by atoms with E-state index in [-0.39, 0.29) is 38.3 Å². The summed E-state index contributed by atoms with van der Waals surface area (Å²) in [5, 5.41) is 20.5. The highest BCUT2D eigenvalue weighted by molar-refractivity contribution is 5.82. The number of halogens is 1. The van der Waals surface area contributed by atoms with E-state index in [1.165, 1.54) is 17.0 Å². The number of carbonyl (C=O) groups is 2. The number of hydrogen-bond acceptors (Lipinski definition) is 3. The maximum Gasteiger partial charge on any atom is 0.314 e. The van der Waals surface area contributed by atoms with Gasteiger partial charge in [0, 0.05) is 13.1 Å². The molecule has 0 aliphatic carbocycles. The number of aryl methyl sites for hydroxylation is 1. The van der Waals surface area contributed by atoms with Crippen molar-refractivity contribution in [1.82, 2.24) is 4.90 Å². The van der Waals surface area contributed by atoms with Gasteiger partial charge in [-0.2, -0.15) is 0 Å². The first-order valence-electron chi connectivity index (χ1n) is 9.30. The van der Waals surface area contributed by atoms with Crippen molar-refractivity contribution in [2.75, 3.05) is 13.1 Å². The Morgan fingerprint density at radius 3 is 2.61 bits per heavy atom. The Kier molecular flexibility index (Phi) is 5.79. The molecule has 0 unspecified atom stereocenters. The number of benzene rings is 2. The predicted molar refractivity (Wildman–Crippen MR) is 102 cm³/mol. The molecule has 5 nitrogen and oxygen atoms in total. The van der Waals surface area contributed by atoms with Crippen LogP contribution in [-0.2, 0) is 22.4 Å². The number of likely N-dealkylation sites (tertiary alicyclic amines) is 1. The van der Waals surface area contributed by atoms with Crippen molar-refractivity contribution in [3.05, 3.63) is 71.0 Å². The number of amides is 1. The first-order valence-corrected chi connectivity index (χ1v) is 9.30. The van der Waals surface area contributed by atoms with Crippen LogP contribution < -0.4 is 0 Å².